The number of aryl methyl sites for hydroxylation is 1. The zero-order chi connectivity index (χ0) is 23.2. The maximum absolute atomic E-state index is 11.1. The minimum atomic E-state index is -0.970. The highest BCUT2D eigenvalue weighted by Crippen LogP contribution is 2.35. The average Bonchev–Trinajstić information content (AvgIpc) is 2.97. The van der Waals surface area contributed by atoms with Gasteiger partial charge in [-0.25, -0.2) is 4.79 Å². The first kappa shape index (κ1) is 22.8. The summed E-state index contributed by atoms with van der Waals surface area (Å²) in [7, 11) is 1.40. The summed E-state index contributed by atoms with van der Waals surface area (Å²) in [5.74, 6) is -0.257. The second-order valence-corrected chi connectivity index (χ2v) is 8.10. The third kappa shape index (κ3) is 5.51. The lowest BCUT2D eigenvalue weighted by molar-refractivity contribution is -0.148. The van der Waals surface area contributed by atoms with Gasteiger partial charge in [0.2, 0.25) is 0 Å². The van der Waals surface area contributed by atoms with Crippen LogP contribution in [0, 0.1) is 6.92 Å². The Morgan fingerprint density at radius 2 is 1.67 bits per heavy atom. The van der Waals surface area contributed by atoms with E-state index in [2.05, 4.69) is 49.4 Å². The third-order valence-corrected chi connectivity index (χ3v) is 5.79. The molecule has 170 valence electrons. The molecule has 0 aromatic heterocycles. The molecule has 0 fully saturated rings. The number of methoxy groups -OCH3 is 1. The molecular weight excluding hydrogens is 416 g/mol. The van der Waals surface area contributed by atoms with Gasteiger partial charge in [0.1, 0.15) is 18.5 Å². The van der Waals surface area contributed by atoms with Gasteiger partial charge >= 0.3 is 5.97 Å². The van der Waals surface area contributed by atoms with Crippen LogP contribution in [0.1, 0.15) is 39.5 Å². The standard InChI is InChI=1S/C28H28O5/c1-19-7-14-25-22(17-19)11-10-21-5-3-4-6-24(21)27(25)33-16-15-32-23-12-8-20(9-13-23)18-26(31-2)28(29)30/h3-14,17,26-27H,15-16,18H2,1-2H3,(H,29,30). The monoisotopic (exact) mass is 444 g/mol. The highest BCUT2D eigenvalue weighted by atomic mass is 16.5. The van der Waals surface area contributed by atoms with Crippen LogP contribution in [-0.4, -0.2) is 37.5 Å². The molecule has 1 aliphatic carbocycles. The van der Waals surface area contributed by atoms with E-state index in [0.29, 0.717) is 25.4 Å². The Labute approximate surface area is 194 Å². The van der Waals surface area contributed by atoms with Crippen molar-refractivity contribution in [3.05, 3.63) is 100 Å². The summed E-state index contributed by atoms with van der Waals surface area (Å²) in [6, 6.07) is 22.1. The van der Waals surface area contributed by atoms with Gasteiger partial charge in [0.05, 0.1) is 6.61 Å². The molecule has 1 N–H and O–H groups in total. The smallest absolute Gasteiger partial charge is 0.333 e. The van der Waals surface area contributed by atoms with Gasteiger partial charge in [-0.15, -0.1) is 0 Å². The van der Waals surface area contributed by atoms with Crippen LogP contribution in [-0.2, 0) is 20.7 Å². The van der Waals surface area contributed by atoms with E-state index in [0.717, 1.165) is 22.3 Å². The van der Waals surface area contributed by atoms with Crippen LogP contribution in [0.2, 0.25) is 0 Å². The number of carboxylic acid groups (broad SMARTS) is 1. The van der Waals surface area contributed by atoms with E-state index in [9.17, 15) is 4.79 Å². The molecule has 0 heterocycles. The molecule has 0 saturated carbocycles. The second-order valence-electron chi connectivity index (χ2n) is 8.10. The van der Waals surface area contributed by atoms with Crippen LogP contribution < -0.4 is 4.74 Å². The number of fused-ring (bicyclic) bond motifs is 2. The van der Waals surface area contributed by atoms with Crippen LogP contribution in [0.15, 0.2) is 66.7 Å². The first-order valence-corrected chi connectivity index (χ1v) is 11.0. The Morgan fingerprint density at radius 3 is 2.42 bits per heavy atom. The Balaban J connectivity index is 1.39. The molecule has 2 unspecified atom stereocenters. The average molecular weight is 445 g/mol. The van der Waals surface area contributed by atoms with Crippen molar-refractivity contribution in [3.63, 3.8) is 0 Å². The van der Waals surface area contributed by atoms with E-state index < -0.39 is 12.1 Å². The summed E-state index contributed by atoms with van der Waals surface area (Å²) in [5, 5.41) is 9.13. The number of benzene rings is 3. The van der Waals surface area contributed by atoms with Gasteiger partial charge < -0.3 is 19.3 Å². The van der Waals surface area contributed by atoms with Gasteiger partial charge in [-0.3, -0.25) is 0 Å². The Bertz CT molecular complexity index is 1130. The topological polar surface area (TPSA) is 65.0 Å². The first-order valence-electron chi connectivity index (χ1n) is 11.0. The molecule has 0 amide bonds. The number of hydrogen-bond donors (Lipinski definition) is 1. The number of aliphatic carboxylic acids is 1. The summed E-state index contributed by atoms with van der Waals surface area (Å²) >= 11 is 0. The SMILES string of the molecule is COC(Cc1ccc(OCCOC2c3ccccc3C=Cc3cc(C)ccc32)cc1)C(=O)O. The quantitative estimate of drug-likeness (QED) is 0.454. The Hall–Kier alpha value is -3.41. The van der Waals surface area contributed by atoms with E-state index in [1.165, 1.54) is 18.2 Å². The zero-order valence-electron chi connectivity index (χ0n) is 18.9. The van der Waals surface area contributed by atoms with Crippen molar-refractivity contribution in [2.75, 3.05) is 20.3 Å². The predicted molar refractivity (Wildman–Crippen MR) is 128 cm³/mol. The van der Waals surface area contributed by atoms with Gasteiger partial charge in [-0.2, -0.15) is 0 Å². The maximum Gasteiger partial charge on any atom is 0.333 e. The summed E-state index contributed by atoms with van der Waals surface area (Å²) < 4.78 is 17.2. The minimum absolute atomic E-state index is 0.167. The largest absolute Gasteiger partial charge is 0.491 e. The molecule has 0 spiro atoms. The fourth-order valence-electron chi connectivity index (χ4n) is 4.04. The molecule has 3 aromatic rings. The fraction of sp³-hybridized carbons (Fsp3) is 0.250. The molecule has 0 aliphatic heterocycles. The Morgan fingerprint density at radius 1 is 0.939 bits per heavy atom. The van der Waals surface area contributed by atoms with Crippen LogP contribution in [0.4, 0.5) is 0 Å². The van der Waals surface area contributed by atoms with Crippen molar-refractivity contribution in [2.24, 2.45) is 0 Å². The Kier molecular flexibility index (Phi) is 7.23. The first-order chi connectivity index (χ1) is 16.0. The van der Waals surface area contributed by atoms with Crippen LogP contribution in [0.25, 0.3) is 12.2 Å². The molecule has 4 rings (SSSR count). The van der Waals surface area contributed by atoms with E-state index in [-0.39, 0.29) is 6.10 Å². The normalized spacial score (nSPS) is 15.3. The lowest BCUT2D eigenvalue weighted by Gasteiger charge is -2.21. The highest BCUT2D eigenvalue weighted by molar-refractivity contribution is 5.76. The molecular formula is C28H28O5. The van der Waals surface area contributed by atoms with Gasteiger partial charge in [0, 0.05) is 13.5 Å². The number of carboxylic acids is 1. The van der Waals surface area contributed by atoms with Crippen molar-refractivity contribution >= 4 is 18.1 Å². The van der Waals surface area contributed by atoms with Crippen molar-refractivity contribution in [1.29, 1.82) is 0 Å². The van der Waals surface area contributed by atoms with Gasteiger partial charge in [-0.05, 0) is 46.9 Å². The number of rotatable bonds is 9. The third-order valence-electron chi connectivity index (χ3n) is 5.79. The molecule has 33 heavy (non-hydrogen) atoms. The van der Waals surface area contributed by atoms with Crippen molar-refractivity contribution in [2.45, 2.75) is 25.6 Å². The summed E-state index contributed by atoms with van der Waals surface area (Å²) in [5.41, 5.74) is 6.72. The van der Waals surface area contributed by atoms with Crippen LogP contribution in [0.5, 0.6) is 5.75 Å². The van der Waals surface area contributed by atoms with Crippen molar-refractivity contribution in [3.8, 4) is 5.75 Å². The molecule has 5 nitrogen and oxygen atoms in total. The predicted octanol–water partition coefficient (Wildman–Crippen LogP) is 5.31. The lowest BCUT2D eigenvalue weighted by Crippen LogP contribution is -2.24. The van der Waals surface area contributed by atoms with E-state index in [4.69, 9.17) is 19.3 Å². The van der Waals surface area contributed by atoms with Crippen molar-refractivity contribution in [1.82, 2.24) is 0 Å². The summed E-state index contributed by atoms with van der Waals surface area (Å²) in [4.78, 5) is 11.1. The van der Waals surface area contributed by atoms with Gasteiger partial charge in [0.25, 0.3) is 0 Å². The molecule has 0 saturated heterocycles. The zero-order valence-corrected chi connectivity index (χ0v) is 18.9. The number of hydrogen-bond acceptors (Lipinski definition) is 4. The molecule has 0 radical (unpaired) electrons. The fourth-order valence-corrected chi connectivity index (χ4v) is 4.04. The number of ether oxygens (including phenoxy) is 3. The van der Waals surface area contributed by atoms with Gasteiger partial charge in [-0.1, -0.05) is 72.3 Å². The molecule has 2 atom stereocenters. The molecule has 5 heteroatoms. The molecule has 1 aliphatic rings. The second kappa shape index (κ2) is 10.5. The van der Waals surface area contributed by atoms with Crippen LogP contribution in [0.3, 0.4) is 0 Å². The van der Waals surface area contributed by atoms with E-state index in [1.807, 2.05) is 36.4 Å². The number of carbonyl (C=O) groups is 1. The van der Waals surface area contributed by atoms with E-state index in [1.54, 1.807) is 0 Å². The molecule has 3 aromatic carbocycles. The lowest BCUT2D eigenvalue weighted by atomic mass is 9.95. The highest BCUT2D eigenvalue weighted by Gasteiger charge is 2.22. The van der Waals surface area contributed by atoms with E-state index >= 15 is 0 Å². The van der Waals surface area contributed by atoms with Gasteiger partial charge in [0.15, 0.2) is 6.10 Å². The minimum Gasteiger partial charge on any atom is -0.491 e. The summed E-state index contributed by atoms with van der Waals surface area (Å²) in [6.07, 6.45) is 3.59. The maximum atomic E-state index is 11.1. The summed E-state index contributed by atoms with van der Waals surface area (Å²) in [6.45, 7) is 2.93. The van der Waals surface area contributed by atoms with Crippen LogP contribution >= 0.6 is 0 Å². The van der Waals surface area contributed by atoms with Crippen molar-refractivity contribution < 1.29 is 24.1 Å². The molecule has 0 bridgehead atoms.